The van der Waals surface area contributed by atoms with E-state index in [9.17, 15) is 19.7 Å². The molecule has 1 aromatic rings. The number of nitro groups is 1. The smallest absolute Gasteiger partial charge is 0.326 e. The molecule has 0 bridgehead atoms. The van der Waals surface area contributed by atoms with E-state index in [1.807, 2.05) is 0 Å². The van der Waals surface area contributed by atoms with Crippen LogP contribution in [0.2, 0.25) is 0 Å². The number of carbonyl (C=O) groups excluding carboxylic acids is 1. The molecule has 1 atom stereocenters. The predicted octanol–water partition coefficient (Wildman–Crippen LogP) is 0.923. The van der Waals surface area contributed by atoms with Gasteiger partial charge in [-0.3, -0.25) is 14.9 Å². The first-order valence-corrected chi connectivity index (χ1v) is 6.25. The molecule has 0 unspecified atom stereocenters. The Kier molecular flexibility index (Phi) is 5.59. The molecule has 1 aromatic carbocycles. The summed E-state index contributed by atoms with van der Waals surface area (Å²) < 4.78 is -0.0318. The van der Waals surface area contributed by atoms with Crippen molar-refractivity contribution in [3.8, 4) is 0 Å². The molecule has 3 N–H and O–H groups in total. The second-order valence-corrected chi connectivity index (χ2v) is 4.57. The van der Waals surface area contributed by atoms with E-state index in [4.69, 9.17) is 10.2 Å². The molecule has 1 rings (SSSR count). The standard InChI is InChI=1S/C11H11BrN2O6/c12-9-6(2-1-3-8(9)14(19)20)10(16)13-7(4-5-15)11(17)18/h1-3,7,15H,4-5H2,(H,13,16)(H,17,18)/t7-/m1/s1. The van der Waals surface area contributed by atoms with E-state index in [0.29, 0.717) is 0 Å². The normalized spacial score (nSPS) is 11.7. The monoisotopic (exact) mass is 346 g/mol. The minimum absolute atomic E-state index is 0.0318. The number of carbonyl (C=O) groups is 2. The Morgan fingerprint density at radius 2 is 2.10 bits per heavy atom. The van der Waals surface area contributed by atoms with Crippen LogP contribution in [0.25, 0.3) is 0 Å². The lowest BCUT2D eigenvalue weighted by Gasteiger charge is -2.13. The van der Waals surface area contributed by atoms with E-state index in [-0.39, 0.29) is 22.1 Å². The highest BCUT2D eigenvalue weighted by molar-refractivity contribution is 9.10. The van der Waals surface area contributed by atoms with Gasteiger partial charge in [-0.15, -0.1) is 0 Å². The number of nitro benzene ring substituents is 1. The Labute approximate surface area is 121 Å². The molecule has 0 aliphatic carbocycles. The molecule has 20 heavy (non-hydrogen) atoms. The molecule has 0 saturated carbocycles. The highest BCUT2D eigenvalue weighted by atomic mass is 79.9. The van der Waals surface area contributed by atoms with Crippen LogP contribution >= 0.6 is 15.9 Å². The molecule has 1 amide bonds. The van der Waals surface area contributed by atoms with Crippen molar-refractivity contribution in [2.75, 3.05) is 6.61 Å². The lowest BCUT2D eigenvalue weighted by molar-refractivity contribution is -0.385. The van der Waals surface area contributed by atoms with Gasteiger partial charge in [-0.05, 0) is 22.0 Å². The molecule has 0 spiro atoms. The number of halogens is 1. The second kappa shape index (κ2) is 6.96. The summed E-state index contributed by atoms with van der Waals surface area (Å²) in [5.41, 5.74) is -0.352. The van der Waals surface area contributed by atoms with Crippen molar-refractivity contribution in [3.63, 3.8) is 0 Å². The second-order valence-electron chi connectivity index (χ2n) is 3.77. The van der Waals surface area contributed by atoms with E-state index in [2.05, 4.69) is 21.2 Å². The summed E-state index contributed by atoms with van der Waals surface area (Å²) in [5, 5.41) is 30.5. The van der Waals surface area contributed by atoms with Crippen LogP contribution in [0.1, 0.15) is 16.8 Å². The van der Waals surface area contributed by atoms with Gasteiger partial charge in [0.15, 0.2) is 0 Å². The third-order valence-corrected chi connectivity index (χ3v) is 3.27. The predicted molar refractivity (Wildman–Crippen MR) is 71.4 cm³/mol. The zero-order valence-corrected chi connectivity index (χ0v) is 11.7. The summed E-state index contributed by atoms with van der Waals surface area (Å²) in [5.74, 6) is -2.07. The van der Waals surface area contributed by atoms with Crippen molar-refractivity contribution >= 4 is 33.5 Å². The molecule has 0 saturated heterocycles. The van der Waals surface area contributed by atoms with Crippen LogP contribution in [0, 0.1) is 10.1 Å². The van der Waals surface area contributed by atoms with Crippen molar-refractivity contribution in [1.82, 2.24) is 5.32 Å². The lowest BCUT2D eigenvalue weighted by Crippen LogP contribution is -2.41. The van der Waals surface area contributed by atoms with Crippen LogP contribution in [0.15, 0.2) is 22.7 Å². The van der Waals surface area contributed by atoms with Gasteiger partial charge in [0, 0.05) is 19.1 Å². The average molecular weight is 347 g/mol. The Morgan fingerprint density at radius 1 is 1.45 bits per heavy atom. The number of hydrogen-bond acceptors (Lipinski definition) is 5. The van der Waals surface area contributed by atoms with Crippen molar-refractivity contribution in [3.05, 3.63) is 38.3 Å². The van der Waals surface area contributed by atoms with Gasteiger partial charge in [-0.25, -0.2) is 4.79 Å². The number of nitrogens with one attached hydrogen (secondary N) is 1. The van der Waals surface area contributed by atoms with Crippen LogP contribution < -0.4 is 5.32 Å². The third kappa shape index (κ3) is 3.75. The number of nitrogens with zero attached hydrogens (tertiary/aromatic N) is 1. The maximum Gasteiger partial charge on any atom is 0.326 e. The quantitative estimate of drug-likeness (QED) is 0.518. The highest BCUT2D eigenvalue weighted by Gasteiger charge is 2.24. The fraction of sp³-hybridized carbons (Fsp3) is 0.273. The number of benzene rings is 1. The van der Waals surface area contributed by atoms with Gasteiger partial charge in [0.25, 0.3) is 11.6 Å². The zero-order valence-electron chi connectivity index (χ0n) is 10.1. The first-order chi connectivity index (χ1) is 9.38. The van der Waals surface area contributed by atoms with Crippen LogP contribution in [0.5, 0.6) is 0 Å². The van der Waals surface area contributed by atoms with Gasteiger partial charge in [0.2, 0.25) is 0 Å². The molecule has 0 fully saturated rings. The van der Waals surface area contributed by atoms with Gasteiger partial charge in [0.1, 0.15) is 10.5 Å². The molecule has 9 heteroatoms. The van der Waals surface area contributed by atoms with E-state index in [1.54, 1.807) is 0 Å². The third-order valence-electron chi connectivity index (χ3n) is 2.44. The van der Waals surface area contributed by atoms with Crippen LogP contribution in [0.4, 0.5) is 5.69 Å². The molecule has 0 aliphatic rings. The van der Waals surface area contributed by atoms with Gasteiger partial charge in [0.05, 0.1) is 10.5 Å². The van der Waals surface area contributed by atoms with Crippen molar-refractivity contribution in [1.29, 1.82) is 0 Å². The van der Waals surface area contributed by atoms with Crippen molar-refractivity contribution < 1.29 is 24.7 Å². The minimum atomic E-state index is -1.30. The number of carboxylic acid groups (broad SMARTS) is 1. The highest BCUT2D eigenvalue weighted by Crippen LogP contribution is 2.28. The minimum Gasteiger partial charge on any atom is -0.480 e. The van der Waals surface area contributed by atoms with E-state index < -0.39 is 29.4 Å². The lowest BCUT2D eigenvalue weighted by atomic mass is 10.1. The maximum absolute atomic E-state index is 11.9. The molecular formula is C11H11BrN2O6. The van der Waals surface area contributed by atoms with E-state index >= 15 is 0 Å². The SMILES string of the molecule is O=C(N[C@H](CCO)C(=O)O)c1cccc([N+](=O)[O-])c1Br. The molecule has 8 nitrogen and oxygen atoms in total. The molecule has 108 valence electrons. The fourth-order valence-corrected chi connectivity index (χ4v) is 2.05. The average Bonchev–Trinajstić information content (AvgIpc) is 2.37. The van der Waals surface area contributed by atoms with E-state index in [0.717, 1.165) is 0 Å². The summed E-state index contributed by atoms with van der Waals surface area (Å²) in [6, 6.07) is 2.59. The first kappa shape index (κ1) is 16.1. The van der Waals surface area contributed by atoms with Crippen LogP contribution in [0.3, 0.4) is 0 Å². The Morgan fingerprint density at radius 3 is 2.60 bits per heavy atom. The Hall–Kier alpha value is -2.00. The van der Waals surface area contributed by atoms with Gasteiger partial charge >= 0.3 is 5.97 Å². The van der Waals surface area contributed by atoms with Crippen molar-refractivity contribution in [2.24, 2.45) is 0 Å². The molecule has 0 aliphatic heterocycles. The number of hydrogen-bond donors (Lipinski definition) is 3. The Bertz CT molecular complexity index is 548. The summed E-state index contributed by atoms with van der Waals surface area (Å²) in [6.07, 6.45) is -0.159. The summed E-state index contributed by atoms with van der Waals surface area (Å²) in [7, 11) is 0. The maximum atomic E-state index is 11.9. The Balaban J connectivity index is 3.00. The molecule has 0 aromatic heterocycles. The first-order valence-electron chi connectivity index (χ1n) is 5.46. The molecule has 0 radical (unpaired) electrons. The number of rotatable bonds is 6. The summed E-state index contributed by atoms with van der Waals surface area (Å²) >= 11 is 2.95. The fourth-order valence-electron chi connectivity index (χ4n) is 1.46. The van der Waals surface area contributed by atoms with Gasteiger partial charge in [-0.2, -0.15) is 0 Å². The largest absolute Gasteiger partial charge is 0.480 e. The molecule has 0 heterocycles. The number of aliphatic carboxylic acids is 1. The number of carboxylic acids is 1. The van der Waals surface area contributed by atoms with Crippen molar-refractivity contribution in [2.45, 2.75) is 12.5 Å². The number of amides is 1. The topological polar surface area (TPSA) is 130 Å². The number of aliphatic hydroxyl groups excluding tert-OH is 1. The van der Waals surface area contributed by atoms with Gasteiger partial charge in [-0.1, -0.05) is 6.07 Å². The van der Waals surface area contributed by atoms with E-state index in [1.165, 1.54) is 18.2 Å². The zero-order chi connectivity index (χ0) is 15.3. The van der Waals surface area contributed by atoms with Crippen LogP contribution in [-0.2, 0) is 4.79 Å². The summed E-state index contributed by atoms with van der Waals surface area (Å²) in [4.78, 5) is 32.9. The van der Waals surface area contributed by atoms with Crippen LogP contribution in [-0.4, -0.2) is 39.7 Å². The number of aliphatic hydroxyl groups is 1. The van der Waals surface area contributed by atoms with Gasteiger partial charge < -0.3 is 15.5 Å². The summed E-state index contributed by atoms with van der Waals surface area (Å²) in [6.45, 7) is -0.409. The molecular weight excluding hydrogens is 336 g/mol.